The fraction of sp³-hybridized carbons (Fsp3) is 0.524. The van der Waals surface area contributed by atoms with Crippen LogP contribution >= 0.6 is 0 Å². The summed E-state index contributed by atoms with van der Waals surface area (Å²) in [6, 6.07) is 8.06. The van der Waals surface area contributed by atoms with Crippen molar-refractivity contribution in [3.8, 4) is 11.4 Å². The van der Waals surface area contributed by atoms with Gasteiger partial charge in [0.15, 0.2) is 0 Å². The maximum absolute atomic E-state index is 4.29. The minimum atomic E-state index is 0. The predicted octanol–water partition coefficient (Wildman–Crippen LogP) is 1.73. The molecule has 1 saturated heterocycles. The summed E-state index contributed by atoms with van der Waals surface area (Å²) in [6.45, 7) is 11.3. The molecule has 0 unspecified atom stereocenters. The van der Waals surface area contributed by atoms with E-state index in [9.17, 15) is 0 Å². The molecule has 1 aliphatic heterocycles. The van der Waals surface area contributed by atoms with Crippen LogP contribution in [0.4, 0.5) is 0 Å². The van der Waals surface area contributed by atoms with Crippen LogP contribution in [0.2, 0.25) is 0 Å². The fourth-order valence-corrected chi connectivity index (χ4v) is 2.71. The fourth-order valence-electron chi connectivity index (χ4n) is 2.71. The SMILES string of the molecule is CN1CCN(C)CCN(C)CC1.Cc1ccnc(-c2cc(C)ccn2)c1.O.[Ru+2]. The van der Waals surface area contributed by atoms with Crippen molar-refractivity contribution in [3.05, 3.63) is 47.8 Å². The van der Waals surface area contributed by atoms with Crippen LogP contribution in [0.25, 0.3) is 11.4 Å². The van der Waals surface area contributed by atoms with E-state index in [2.05, 4.69) is 59.7 Å². The average Bonchev–Trinajstić information content (AvgIpc) is 2.69. The maximum Gasteiger partial charge on any atom is 2.00 e. The molecule has 6 nitrogen and oxygen atoms in total. The first-order valence-corrected chi connectivity index (χ1v) is 9.35. The van der Waals surface area contributed by atoms with Crippen LogP contribution in [0.3, 0.4) is 0 Å². The number of aryl methyl sites for hydroxylation is 2. The summed E-state index contributed by atoms with van der Waals surface area (Å²) in [7, 11) is 6.60. The largest absolute Gasteiger partial charge is 2.00 e. The molecule has 0 amide bonds. The summed E-state index contributed by atoms with van der Waals surface area (Å²) in [5, 5.41) is 0. The zero-order chi connectivity index (χ0) is 18.9. The molecule has 7 heteroatoms. The van der Waals surface area contributed by atoms with E-state index < -0.39 is 0 Å². The third kappa shape index (κ3) is 9.81. The Morgan fingerprint density at radius 2 is 0.929 bits per heavy atom. The van der Waals surface area contributed by atoms with Crippen molar-refractivity contribution in [2.45, 2.75) is 13.8 Å². The summed E-state index contributed by atoms with van der Waals surface area (Å²) >= 11 is 0. The first-order valence-electron chi connectivity index (χ1n) is 9.35. The molecule has 2 aromatic heterocycles. The first kappa shape index (κ1) is 26.8. The minimum absolute atomic E-state index is 0. The Morgan fingerprint density at radius 1 is 0.643 bits per heavy atom. The number of rotatable bonds is 1. The molecule has 2 N–H and O–H groups in total. The average molecular weight is 475 g/mol. The zero-order valence-electron chi connectivity index (χ0n) is 17.8. The molecule has 28 heavy (non-hydrogen) atoms. The molecule has 3 heterocycles. The second kappa shape index (κ2) is 13.9. The smallest absolute Gasteiger partial charge is 0.412 e. The van der Waals surface area contributed by atoms with Gasteiger partial charge in [0, 0.05) is 51.7 Å². The quantitative estimate of drug-likeness (QED) is 0.589. The van der Waals surface area contributed by atoms with Gasteiger partial charge in [-0.3, -0.25) is 9.97 Å². The van der Waals surface area contributed by atoms with E-state index in [1.165, 1.54) is 50.4 Å². The second-order valence-electron chi connectivity index (χ2n) is 7.35. The Bertz CT molecular complexity index is 606. The summed E-state index contributed by atoms with van der Waals surface area (Å²) in [4.78, 5) is 15.8. The van der Waals surface area contributed by atoms with E-state index in [0.717, 1.165) is 11.4 Å². The summed E-state index contributed by atoms with van der Waals surface area (Å²) < 4.78 is 0. The van der Waals surface area contributed by atoms with Gasteiger partial charge in [-0.15, -0.1) is 0 Å². The molecular weight excluding hydrogens is 439 g/mol. The van der Waals surface area contributed by atoms with Gasteiger partial charge in [-0.25, -0.2) is 0 Å². The molecule has 0 atom stereocenters. The van der Waals surface area contributed by atoms with Gasteiger partial charge in [-0.05, 0) is 70.4 Å². The Hall–Kier alpha value is -1.24. The molecule has 0 aliphatic carbocycles. The molecule has 0 radical (unpaired) electrons. The molecule has 0 aromatic carbocycles. The molecule has 156 valence electrons. The molecule has 3 rings (SSSR count). The second-order valence-corrected chi connectivity index (χ2v) is 7.35. The molecule has 0 spiro atoms. The van der Waals surface area contributed by atoms with Crippen molar-refractivity contribution in [1.82, 2.24) is 24.7 Å². The minimum Gasteiger partial charge on any atom is -0.412 e. The Balaban J connectivity index is 0.000000492. The van der Waals surface area contributed by atoms with Crippen molar-refractivity contribution in [3.63, 3.8) is 0 Å². The Labute approximate surface area is 183 Å². The van der Waals surface area contributed by atoms with Crippen molar-refractivity contribution in [1.29, 1.82) is 0 Å². The zero-order valence-corrected chi connectivity index (χ0v) is 19.5. The van der Waals surface area contributed by atoms with Gasteiger partial charge >= 0.3 is 19.5 Å². The number of nitrogens with zero attached hydrogens (tertiary/aromatic N) is 5. The normalized spacial score (nSPS) is 16.3. The Morgan fingerprint density at radius 3 is 1.18 bits per heavy atom. The van der Waals surface area contributed by atoms with Crippen LogP contribution in [0.5, 0.6) is 0 Å². The van der Waals surface area contributed by atoms with Crippen LogP contribution < -0.4 is 0 Å². The summed E-state index contributed by atoms with van der Waals surface area (Å²) in [5.41, 5.74) is 4.29. The number of aromatic nitrogens is 2. The molecular formula is C21H35N5ORu+2. The van der Waals surface area contributed by atoms with Gasteiger partial charge in [0.1, 0.15) is 0 Å². The van der Waals surface area contributed by atoms with Gasteiger partial charge in [-0.1, -0.05) is 0 Å². The van der Waals surface area contributed by atoms with Gasteiger partial charge < -0.3 is 20.2 Å². The topological polar surface area (TPSA) is 67.0 Å². The Kier molecular flexibility index (Phi) is 13.2. The van der Waals surface area contributed by atoms with Crippen LogP contribution in [-0.4, -0.2) is 90.6 Å². The maximum atomic E-state index is 4.29. The van der Waals surface area contributed by atoms with Crippen molar-refractivity contribution in [2.24, 2.45) is 0 Å². The van der Waals surface area contributed by atoms with Crippen LogP contribution in [0, 0.1) is 13.8 Å². The van der Waals surface area contributed by atoms with E-state index in [1.54, 1.807) is 0 Å². The summed E-state index contributed by atoms with van der Waals surface area (Å²) in [5.74, 6) is 0. The van der Waals surface area contributed by atoms with Gasteiger partial charge in [0.2, 0.25) is 0 Å². The number of pyridine rings is 2. The summed E-state index contributed by atoms with van der Waals surface area (Å²) in [6.07, 6.45) is 3.63. The van der Waals surface area contributed by atoms with E-state index >= 15 is 0 Å². The van der Waals surface area contributed by atoms with E-state index in [4.69, 9.17) is 0 Å². The standard InChI is InChI=1S/C12H12N2.C9H21N3.H2O.Ru/c1-9-3-5-13-11(7-9)12-8-10(2)4-6-14-12;1-10-4-6-11(2)8-9-12(3)7-5-10;;/h3-8H,1-2H3;4-9H2,1-3H3;1H2;/q;;;+2. The van der Waals surface area contributed by atoms with E-state index in [-0.39, 0.29) is 25.0 Å². The van der Waals surface area contributed by atoms with Crippen molar-refractivity contribution < 1.29 is 25.0 Å². The van der Waals surface area contributed by atoms with Gasteiger partial charge in [-0.2, -0.15) is 0 Å². The number of hydrogen-bond donors (Lipinski definition) is 0. The van der Waals surface area contributed by atoms with E-state index in [0.29, 0.717) is 0 Å². The predicted molar refractivity (Wildman–Crippen MR) is 113 cm³/mol. The van der Waals surface area contributed by atoms with E-state index in [1.807, 2.05) is 36.7 Å². The number of likely N-dealkylation sites (N-methyl/N-ethyl adjacent to an activating group) is 3. The number of hydrogen-bond acceptors (Lipinski definition) is 5. The van der Waals surface area contributed by atoms with Crippen LogP contribution in [0.1, 0.15) is 11.1 Å². The molecule has 2 aromatic rings. The molecule has 1 fully saturated rings. The van der Waals surface area contributed by atoms with Gasteiger partial charge in [0.05, 0.1) is 11.4 Å². The van der Waals surface area contributed by atoms with Gasteiger partial charge in [0.25, 0.3) is 0 Å². The molecule has 0 bridgehead atoms. The van der Waals surface area contributed by atoms with Crippen molar-refractivity contribution >= 4 is 0 Å². The monoisotopic (exact) mass is 475 g/mol. The third-order valence-corrected chi connectivity index (χ3v) is 4.68. The van der Waals surface area contributed by atoms with Crippen LogP contribution in [-0.2, 0) is 19.5 Å². The molecule has 1 aliphatic rings. The van der Waals surface area contributed by atoms with Crippen molar-refractivity contribution in [2.75, 3.05) is 60.4 Å². The third-order valence-electron chi connectivity index (χ3n) is 4.68. The first-order chi connectivity index (χ1) is 12.4. The molecule has 0 saturated carbocycles. The van der Waals surface area contributed by atoms with Crippen LogP contribution in [0.15, 0.2) is 36.7 Å².